The smallest absolute Gasteiger partial charge is 0.419 e. The zero-order chi connectivity index (χ0) is 17.8. The largest absolute Gasteiger partial charge is 0.444 e. The number of rotatable bonds is 3. The van der Waals surface area contributed by atoms with Gasteiger partial charge in [0.1, 0.15) is 17.5 Å². The van der Waals surface area contributed by atoms with Crippen molar-refractivity contribution in [3.8, 4) is 0 Å². The molecule has 1 N–H and O–H groups in total. The molecule has 130 valence electrons. The minimum Gasteiger partial charge on any atom is -0.444 e. The van der Waals surface area contributed by atoms with E-state index in [1.807, 2.05) is 6.92 Å². The number of nitrogens with zero attached hydrogens (tertiary/aromatic N) is 2. The molecule has 0 radical (unpaired) electrons. The predicted octanol–water partition coefficient (Wildman–Crippen LogP) is 3.12. The van der Waals surface area contributed by atoms with Crippen LogP contribution in [0.15, 0.2) is 12.5 Å². The molecule has 7 heteroatoms. The zero-order valence-corrected chi connectivity index (χ0v) is 15.0. The van der Waals surface area contributed by atoms with Crippen LogP contribution in [0.1, 0.15) is 54.2 Å². The maximum atomic E-state index is 11.9. The van der Waals surface area contributed by atoms with Gasteiger partial charge in [-0.25, -0.2) is 19.1 Å². The van der Waals surface area contributed by atoms with E-state index >= 15 is 0 Å². The number of carbonyl (C=O) groups excluding carboxylic acids is 2. The van der Waals surface area contributed by atoms with E-state index in [2.05, 4.69) is 10.3 Å². The molecule has 0 spiro atoms. The van der Waals surface area contributed by atoms with Crippen LogP contribution < -0.4 is 5.32 Å². The summed E-state index contributed by atoms with van der Waals surface area (Å²) in [6, 6.07) is -0.174. The number of ether oxygens (including phenoxy) is 2. The van der Waals surface area contributed by atoms with Gasteiger partial charge in [-0.1, -0.05) is 0 Å². The van der Waals surface area contributed by atoms with Crippen molar-refractivity contribution in [3.05, 3.63) is 18.2 Å². The SMILES string of the molecule is C[C@H](Cc1cn(C(=O)OC(C)(C)C)cn1)NC(=O)OC(C)(C)C. The molecular formula is C16H27N3O4. The number of carbonyl (C=O) groups is 2. The maximum Gasteiger partial charge on any atom is 0.419 e. The van der Waals surface area contributed by atoms with Gasteiger partial charge in [-0.15, -0.1) is 0 Å². The molecule has 0 fully saturated rings. The molecule has 0 aromatic carbocycles. The fraction of sp³-hybridized carbons (Fsp3) is 0.688. The second kappa shape index (κ2) is 7.02. The average molecular weight is 325 g/mol. The first-order valence-electron chi connectivity index (χ1n) is 7.61. The highest BCUT2D eigenvalue weighted by atomic mass is 16.6. The van der Waals surface area contributed by atoms with Crippen molar-refractivity contribution in [1.82, 2.24) is 14.9 Å². The molecule has 1 aromatic heterocycles. The molecule has 1 amide bonds. The third kappa shape index (κ3) is 7.67. The van der Waals surface area contributed by atoms with Crippen molar-refractivity contribution in [1.29, 1.82) is 0 Å². The van der Waals surface area contributed by atoms with Crippen LogP contribution in [0.3, 0.4) is 0 Å². The molecule has 0 aliphatic heterocycles. The molecule has 0 saturated heterocycles. The molecule has 0 unspecified atom stereocenters. The topological polar surface area (TPSA) is 82.5 Å². The summed E-state index contributed by atoms with van der Waals surface area (Å²) in [5.74, 6) is 0. The Morgan fingerprint density at radius 1 is 1.17 bits per heavy atom. The van der Waals surface area contributed by atoms with Gasteiger partial charge in [0.15, 0.2) is 0 Å². The van der Waals surface area contributed by atoms with Crippen LogP contribution in [0.25, 0.3) is 0 Å². The Labute approximate surface area is 137 Å². The highest BCUT2D eigenvalue weighted by Crippen LogP contribution is 2.10. The van der Waals surface area contributed by atoms with Crippen molar-refractivity contribution in [2.45, 2.75) is 72.1 Å². The number of aromatic nitrogens is 2. The van der Waals surface area contributed by atoms with Crippen LogP contribution >= 0.6 is 0 Å². The van der Waals surface area contributed by atoms with Crippen LogP contribution in [0, 0.1) is 0 Å². The summed E-state index contributed by atoms with van der Waals surface area (Å²) < 4.78 is 11.7. The first kappa shape index (κ1) is 19.0. The van der Waals surface area contributed by atoms with E-state index in [1.165, 1.54) is 10.9 Å². The van der Waals surface area contributed by atoms with Crippen molar-refractivity contribution in [3.63, 3.8) is 0 Å². The Bertz CT molecular complexity index is 552. The second-order valence-corrected chi connectivity index (χ2v) is 7.50. The lowest BCUT2D eigenvalue weighted by Gasteiger charge is -2.21. The highest BCUT2D eigenvalue weighted by Gasteiger charge is 2.20. The fourth-order valence-electron chi connectivity index (χ4n) is 1.76. The average Bonchev–Trinajstić information content (AvgIpc) is 2.71. The molecule has 23 heavy (non-hydrogen) atoms. The van der Waals surface area contributed by atoms with E-state index in [4.69, 9.17) is 9.47 Å². The molecule has 1 atom stereocenters. The van der Waals surface area contributed by atoms with Gasteiger partial charge in [0, 0.05) is 18.7 Å². The number of hydrogen-bond acceptors (Lipinski definition) is 5. The summed E-state index contributed by atoms with van der Waals surface area (Å²) in [4.78, 5) is 27.8. The Morgan fingerprint density at radius 3 is 2.26 bits per heavy atom. The number of amides is 1. The molecular weight excluding hydrogens is 298 g/mol. The lowest BCUT2D eigenvalue weighted by Crippen LogP contribution is -2.38. The van der Waals surface area contributed by atoms with Gasteiger partial charge in [0.2, 0.25) is 0 Å². The molecule has 1 aromatic rings. The number of imidazole rings is 1. The summed E-state index contributed by atoms with van der Waals surface area (Å²) in [5, 5.41) is 2.74. The van der Waals surface area contributed by atoms with E-state index in [1.54, 1.807) is 47.7 Å². The van der Waals surface area contributed by atoms with Crippen LogP contribution in [-0.4, -0.2) is 39.0 Å². The highest BCUT2D eigenvalue weighted by molar-refractivity contribution is 5.70. The summed E-state index contributed by atoms with van der Waals surface area (Å²) in [7, 11) is 0. The van der Waals surface area contributed by atoms with Gasteiger partial charge >= 0.3 is 12.2 Å². The Kier molecular flexibility index (Phi) is 5.80. The first-order chi connectivity index (χ1) is 10.4. The predicted molar refractivity (Wildman–Crippen MR) is 86.4 cm³/mol. The van der Waals surface area contributed by atoms with Crippen LogP contribution in [0.5, 0.6) is 0 Å². The van der Waals surface area contributed by atoms with Gasteiger partial charge in [-0.05, 0) is 48.5 Å². The van der Waals surface area contributed by atoms with Gasteiger partial charge in [0.05, 0.1) is 5.69 Å². The molecule has 0 bridgehead atoms. The number of alkyl carbamates (subject to hydrolysis) is 1. The molecule has 7 nitrogen and oxygen atoms in total. The second-order valence-electron chi connectivity index (χ2n) is 7.50. The van der Waals surface area contributed by atoms with Crippen molar-refractivity contribution in [2.24, 2.45) is 0 Å². The van der Waals surface area contributed by atoms with Crippen LogP contribution in [0.4, 0.5) is 9.59 Å². The molecule has 0 aliphatic rings. The molecule has 0 aliphatic carbocycles. The first-order valence-corrected chi connectivity index (χ1v) is 7.61. The fourth-order valence-corrected chi connectivity index (χ4v) is 1.76. The Hall–Kier alpha value is -2.05. The summed E-state index contributed by atoms with van der Waals surface area (Å²) in [6.45, 7) is 12.7. The van der Waals surface area contributed by atoms with Crippen molar-refractivity contribution < 1.29 is 19.1 Å². The van der Waals surface area contributed by atoms with Crippen molar-refractivity contribution >= 4 is 12.2 Å². The zero-order valence-electron chi connectivity index (χ0n) is 15.0. The van der Waals surface area contributed by atoms with E-state index < -0.39 is 23.4 Å². The minimum atomic E-state index is -0.562. The number of hydrogen-bond donors (Lipinski definition) is 1. The number of nitrogens with one attached hydrogen (secondary N) is 1. The lowest BCUT2D eigenvalue weighted by atomic mass is 10.2. The molecule has 0 saturated carbocycles. The van der Waals surface area contributed by atoms with Gasteiger partial charge < -0.3 is 14.8 Å². The normalized spacial score (nSPS) is 13.3. The van der Waals surface area contributed by atoms with E-state index in [9.17, 15) is 9.59 Å². The van der Waals surface area contributed by atoms with Gasteiger partial charge in [-0.2, -0.15) is 0 Å². The van der Waals surface area contributed by atoms with E-state index in [-0.39, 0.29) is 6.04 Å². The maximum absolute atomic E-state index is 11.9. The van der Waals surface area contributed by atoms with Gasteiger partial charge in [-0.3, -0.25) is 0 Å². The lowest BCUT2D eigenvalue weighted by molar-refractivity contribution is 0.0503. The Morgan fingerprint density at radius 2 is 1.74 bits per heavy atom. The quantitative estimate of drug-likeness (QED) is 0.923. The third-order valence-electron chi connectivity index (χ3n) is 2.52. The summed E-state index contributed by atoms with van der Waals surface area (Å²) >= 11 is 0. The molecule has 1 heterocycles. The monoisotopic (exact) mass is 325 g/mol. The third-order valence-corrected chi connectivity index (χ3v) is 2.52. The summed E-state index contributed by atoms with van der Waals surface area (Å²) in [5.41, 5.74) is -0.422. The minimum absolute atomic E-state index is 0.174. The summed E-state index contributed by atoms with van der Waals surface area (Å²) in [6.07, 6.45) is 2.53. The molecule has 1 rings (SSSR count). The van der Waals surface area contributed by atoms with Crippen LogP contribution in [0.2, 0.25) is 0 Å². The Balaban J connectivity index is 2.55. The van der Waals surface area contributed by atoms with E-state index in [0.717, 1.165) is 0 Å². The van der Waals surface area contributed by atoms with Gasteiger partial charge in [0.25, 0.3) is 0 Å². The van der Waals surface area contributed by atoms with E-state index in [0.29, 0.717) is 12.1 Å². The van der Waals surface area contributed by atoms with Crippen LogP contribution in [-0.2, 0) is 15.9 Å². The van der Waals surface area contributed by atoms with Crippen molar-refractivity contribution in [2.75, 3.05) is 0 Å². The standard InChI is InChI=1S/C16H27N3O4/c1-11(18-13(20)22-15(2,3)4)8-12-9-19(10-17-12)14(21)23-16(5,6)7/h9-11H,8H2,1-7H3,(H,18,20)/t11-/m1/s1.